The number of methoxy groups -OCH3 is 1. The van der Waals surface area contributed by atoms with Crippen LogP contribution in [0.25, 0.3) is 0 Å². The molecule has 0 aromatic rings. The number of nitrogens with one attached hydrogen (secondary N) is 2. The lowest BCUT2D eigenvalue weighted by Gasteiger charge is -2.12. The Morgan fingerprint density at radius 1 is 1.21 bits per heavy atom. The Morgan fingerprint density at radius 2 is 1.89 bits per heavy atom. The number of ether oxygens (including phenoxy) is 2. The molecule has 0 radical (unpaired) electrons. The number of rotatable bonds is 10. The minimum absolute atomic E-state index is 0.0614. The standard InChI is InChI=1S/C12H24N2O5/c1-9(2)19-7-5-4-6-13-12(17)14-8-10(18-3)11(15)16/h9-10H,4-8H2,1-3H3,(H,15,16)(H2,13,14,17). The highest BCUT2D eigenvalue weighted by molar-refractivity contribution is 5.76. The van der Waals surface area contributed by atoms with Crippen molar-refractivity contribution in [3.05, 3.63) is 0 Å². The number of carboxylic acids is 1. The Labute approximate surface area is 113 Å². The summed E-state index contributed by atoms with van der Waals surface area (Å²) in [7, 11) is 1.28. The molecule has 0 saturated heterocycles. The first-order valence-electron chi connectivity index (χ1n) is 6.36. The van der Waals surface area contributed by atoms with Gasteiger partial charge < -0.3 is 25.2 Å². The van der Waals surface area contributed by atoms with Crippen molar-refractivity contribution in [3.8, 4) is 0 Å². The summed E-state index contributed by atoms with van der Waals surface area (Å²) in [6.45, 7) is 5.08. The van der Waals surface area contributed by atoms with E-state index in [0.717, 1.165) is 12.8 Å². The molecule has 19 heavy (non-hydrogen) atoms. The molecule has 0 spiro atoms. The molecule has 0 aromatic heterocycles. The molecule has 2 amide bonds. The molecular weight excluding hydrogens is 252 g/mol. The second kappa shape index (κ2) is 10.6. The molecule has 0 aliphatic heterocycles. The second-order valence-corrected chi connectivity index (χ2v) is 4.33. The number of aliphatic carboxylic acids is 1. The van der Waals surface area contributed by atoms with E-state index >= 15 is 0 Å². The summed E-state index contributed by atoms with van der Waals surface area (Å²) in [6.07, 6.45) is 0.879. The zero-order valence-electron chi connectivity index (χ0n) is 11.8. The summed E-state index contributed by atoms with van der Waals surface area (Å²) >= 11 is 0. The van der Waals surface area contributed by atoms with Crippen LogP contribution in [0.4, 0.5) is 4.79 Å². The first-order chi connectivity index (χ1) is 8.97. The summed E-state index contributed by atoms with van der Waals surface area (Å²) in [5, 5.41) is 13.8. The van der Waals surface area contributed by atoms with E-state index in [1.165, 1.54) is 7.11 Å². The van der Waals surface area contributed by atoms with Crippen LogP contribution in [0.3, 0.4) is 0 Å². The summed E-state index contributed by atoms with van der Waals surface area (Å²) < 4.78 is 10.0. The highest BCUT2D eigenvalue weighted by atomic mass is 16.5. The quantitative estimate of drug-likeness (QED) is 0.507. The van der Waals surface area contributed by atoms with Gasteiger partial charge in [-0.25, -0.2) is 9.59 Å². The first-order valence-corrected chi connectivity index (χ1v) is 6.36. The SMILES string of the molecule is COC(CNC(=O)NCCCCOC(C)C)C(=O)O. The monoisotopic (exact) mass is 276 g/mol. The molecule has 1 unspecified atom stereocenters. The summed E-state index contributed by atoms with van der Waals surface area (Å²) in [6, 6.07) is -0.395. The van der Waals surface area contributed by atoms with Crippen LogP contribution in [0.5, 0.6) is 0 Å². The van der Waals surface area contributed by atoms with E-state index in [1.54, 1.807) is 0 Å². The zero-order valence-corrected chi connectivity index (χ0v) is 11.8. The molecule has 0 aliphatic carbocycles. The molecule has 0 rings (SSSR count). The summed E-state index contributed by atoms with van der Waals surface area (Å²) in [5.41, 5.74) is 0. The van der Waals surface area contributed by atoms with Crippen molar-refractivity contribution >= 4 is 12.0 Å². The van der Waals surface area contributed by atoms with Crippen molar-refractivity contribution in [2.75, 3.05) is 26.8 Å². The normalized spacial score (nSPS) is 12.2. The van der Waals surface area contributed by atoms with E-state index < -0.39 is 18.1 Å². The van der Waals surface area contributed by atoms with Crippen molar-refractivity contribution in [2.45, 2.75) is 38.9 Å². The van der Waals surface area contributed by atoms with Crippen LogP contribution < -0.4 is 10.6 Å². The Bertz CT molecular complexity index is 271. The van der Waals surface area contributed by atoms with E-state index in [2.05, 4.69) is 15.4 Å². The Balaban J connectivity index is 3.52. The van der Waals surface area contributed by atoms with Gasteiger partial charge in [-0.2, -0.15) is 0 Å². The third-order valence-corrected chi connectivity index (χ3v) is 2.32. The molecule has 1 atom stereocenters. The minimum atomic E-state index is -1.10. The molecule has 7 nitrogen and oxygen atoms in total. The lowest BCUT2D eigenvalue weighted by molar-refractivity contribution is -0.147. The Hall–Kier alpha value is -1.34. The largest absolute Gasteiger partial charge is 0.479 e. The van der Waals surface area contributed by atoms with Crippen molar-refractivity contribution in [1.29, 1.82) is 0 Å². The molecule has 0 bridgehead atoms. The van der Waals surface area contributed by atoms with Crippen molar-refractivity contribution in [2.24, 2.45) is 0 Å². The Kier molecular flexibility index (Phi) is 9.82. The maximum absolute atomic E-state index is 11.3. The number of carbonyl (C=O) groups is 2. The van der Waals surface area contributed by atoms with Crippen molar-refractivity contribution < 1.29 is 24.2 Å². The minimum Gasteiger partial charge on any atom is -0.479 e. The average molecular weight is 276 g/mol. The first kappa shape index (κ1) is 17.7. The van der Waals surface area contributed by atoms with Crippen molar-refractivity contribution in [3.63, 3.8) is 0 Å². The van der Waals surface area contributed by atoms with Crippen LogP contribution in [0.15, 0.2) is 0 Å². The van der Waals surface area contributed by atoms with Crippen LogP contribution in [-0.4, -0.2) is 56.1 Å². The predicted octanol–water partition coefficient (Wildman–Crippen LogP) is 0.590. The molecule has 3 N–H and O–H groups in total. The molecular formula is C12H24N2O5. The van der Waals surface area contributed by atoms with Crippen LogP contribution in [-0.2, 0) is 14.3 Å². The maximum Gasteiger partial charge on any atom is 0.334 e. The lowest BCUT2D eigenvalue weighted by Crippen LogP contribution is -2.43. The van der Waals surface area contributed by atoms with Gasteiger partial charge in [0.05, 0.1) is 12.6 Å². The smallest absolute Gasteiger partial charge is 0.334 e. The molecule has 0 fully saturated rings. The van der Waals surface area contributed by atoms with E-state index in [1.807, 2.05) is 13.8 Å². The van der Waals surface area contributed by atoms with Gasteiger partial charge in [0.15, 0.2) is 6.10 Å². The Morgan fingerprint density at radius 3 is 2.42 bits per heavy atom. The number of carboxylic acid groups (broad SMARTS) is 1. The van der Waals surface area contributed by atoms with Crippen molar-refractivity contribution in [1.82, 2.24) is 10.6 Å². The molecule has 0 saturated carbocycles. The zero-order chi connectivity index (χ0) is 14.7. The average Bonchev–Trinajstić information content (AvgIpc) is 2.33. The predicted molar refractivity (Wildman–Crippen MR) is 70.2 cm³/mol. The fraction of sp³-hybridized carbons (Fsp3) is 0.833. The number of carbonyl (C=O) groups excluding carboxylic acids is 1. The topological polar surface area (TPSA) is 96.9 Å². The third-order valence-electron chi connectivity index (χ3n) is 2.32. The fourth-order valence-corrected chi connectivity index (χ4v) is 1.27. The van der Waals surface area contributed by atoms with Gasteiger partial charge >= 0.3 is 12.0 Å². The molecule has 0 aromatic carbocycles. The maximum atomic E-state index is 11.3. The highest BCUT2D eigenvalue weighted by Crippen LogP contribution is 1.93. The number of unbranched alkanes of at least 4 members (excludes halogenated alkanes) is 1. The molecule has 7 heteroatoms. The lowest BCUT2D eigenvalue weighted by atomic mass is 10.3. The van der Waals surface area contributed by atoms with E-state index in [9.17, 15) is 9.59 Å². The fourth-order valence-electron chi connectivity index (χ4n) is 1.27. The van der Waals surface area contributed by atoms with Crippen LogP contribution in [0.1, 0.15) is 26.7 Å². The number of urea groups is 1. The van der Waals surface area contributed by atoms with Gasteiger partial charge in [0, 0.05) is 20.3 Å². The van der Waals surface area contributed by atoms with Crippen LogP contribution >= 0.6 is 0 Å². The third kappa shape index (κ3) is 10.3. The molecule has 0 heterocycles. The van der Waals surface area contributed by atoms with E-state index in [0.29, 0.717) is 13.2 Å². The number of hydrogen-bond acceptors (Lipinski definition) is 4. The van der Waals surface area contributed by atoms with Gasteiger partial charge in [-0.05, 0) is 26.7 Å². The van der Waals surface area contributed by atoms with Crippen LogP contribution in [0, 0.1) is 0 Å². The highest BCUT2D eigenvalue weighted by Gasteiger charge is 2.16. The summed E-state index contributed by atoms with van der Waals surface area (Å²) in [4.78, 5) is 21.9. The van der Waals surface area contributed by atoms with Gasteiger partial charge in [-0.15, -0.1) is 0 Å². The summed E-state index contributed by atoms with van der Waals surface area (Å²) in [5.74, 6) is -1.10. The second-order valence-electron chi connectivity index (χ2n) is 4.33. The van der Waals surface area contributed by atoms with E-state index in [-0.39, 0.29) is 12.6 Å². The van der Waals surface area contributed by atoms with Gasteiger partial charge in [0.25, 0.3) is 0 Å². The number of amides is 2. The molecule has 112 valence electrons. The van der Waals surface area contributed by atoms with Crippen LogP contribution in [0.2, 0.25) is 0 Å². The number of hydrogen-bond donors (Lipinski definition) is 3. The van der Waals surface area contributed by atoms with Gasteiger partial charge in [-0.1, -0.05) is 0 Å². The van der Waals surface area contributed by atoms with Gasteiger partial charge in [0.1, 0.15) is 0 Å². The van der Waals surface area contributed by atoms with Gasteiger partial charge in [0.2, 0.25) is 0 Å². The van der Waals surface area contributed by atoms with E-state index in [4.69, 9.17) is 9.84 Å². The molecule has 0 aliphatic rings. The van der Waals surface area contributed by atoms with Gasteiger partial charge in [-0.3, -0.25) is 0 Å².